The highest BCUT2D eigenvalue weighted by atomic mass is 16.4. The zero-order valence-electron chi connectivity index (χ0n) is 6.92. The smallest absolute Gasteiger partial charge is 0.303 e. The Bertz CT molecular complexity index is 112. The third-order valence-electron chi connectivity index (χ3n) is 1.65. The van der Waals surface area contributed by atoms with E-state index in [1.54, 1.807) is 0 Å². The molecule has 0 saturated heterocycles. The van der Waals surface area contributed by atoms with Gasteiger partial charge in [-0.3, -0.25) is 4.79 Å². The van der Waals surface area contributed by atoms with Crippen molar-refractivity contribution in [3.63, 3.8) is 0 Å². The Morgan fingerprint density at radius 3 is 2.55 bits per heavy atom. The SMILES string of the molecule is CCC(O)CCCCC(=O)O. The van der Waals surface area contributed by atoms with Crippen molar-refractivity contribution >= 4 is 5.97 Å². The van der Waals surface area contributed by atoms with Crippen molar-refractivity contribution in [2.75, 3.05) is 0 Å². The van der Waals surface area contributed by atoms with Gasteiger partial charge in [-0.1, -0.05) is 13.3 Å². The lowest BCUT2D eigenvalue weighted by Crippen LogP contribution is -2.04. The summed E-state index contributed by atoms with van der Waals surface area (Å²) in [6, 6.07) is 0. The zero-order chi connectivity index (χ0) is 8.69. The highest BCUT2D eigenvalue weighted by molar-refractivity contribution is 5.66. The molecule has 66 valence electrons. The monoisotopic (exact) mass is 160 g/mol. The minimum absolute atomic E-state index is 0.219. The predicted molar refractivity (Wildman–Crippen MR) is 42.4 cm³/mol. The van der Waals surface area contributed by atoms with Crippen LogP contribution in [0.3, 0.4) is 0 Å². The van der Waals surface area contributed by atoms with Crippen molar-refractivity contribution in [2.45, 2.75) is 45.1 Å². The predicted octanol–water partition coefficient (Wildman–Crippen LogP) is 1.40. The number of carboxylic acid groups (broad SMARTS) is 1. The average molecular weight is 160 g/mol. The number of aliphatic hydroxyl groups excluding tert-OH is 1. The van der Waals surface area contributed by atoms with E-state index in [0.29, 0.717) is 6.42 Å². The van der Waals surface area contributed by atoms with E-state index in [2.05, 4.69) is 0 Å². The van der Waals surface area contributed by atoms with Gasteiger partial charge in [-0.15, -0.1) is 0 Å². The van der Waals surface area contributed by atoms with Crippen LogP contribution in [0.2, 0.25) is 0 Å². The molecule has 1 unspecified atom stereocenters. The molecule has 0 aliphatic carbocycles. The van der Waals surface area contributed by atoms with Crippen molar-refractivity contribution in [3.05, 3.63) is 0 Å². The van der Waals surface area contributed by atoms with Crippen LogP contribution in [0.15, 0.2) is 0 Å². The Hall–Kier alpha value is -0.570. The van der Waals surface area contributed by atoms with Crippen LogP contribution in [0.5, 0.6) is 0 Å². The molecule has 1 atom stereocenters. The van der Waals surface area contributed by atoms with Crippen molar-refractivity contribution in [1.82, 2.24) is 0 Å². The van der Waals surface area contributed by atoms with E-state index in [1.165, 1.54) is 0 Å². The van der Waals surface area contributed by atoms with Crippen molar-refractivity contribution in [3.8, 4) is 0 Å². The van der Waals surface area contributed by atoms with Gasteiger partial charge in [0, 0.05) is 6.42 Å². The quantitative estimate of drug-likeness (QED) is 0.577. The molecular formula is C8H16O3. The second-order valence-electron chi connectivity index (χ2n) is 2.70. The van der Waals surface area contributed by atoms with Crippen LogP contribution in [0.1, 0.15) is 39.0 Å². The Morgan fingerprint density at radius 2 is 2.09 bits per heavy atom. The van der Waals surface area contributed by atoms with Gasteiger partial charge in [0.15, 0.2) is 0 Å². The topological polar surface area (TPSA) is 57.5 Å². The van der Waals surface area contributed by atoms with E-state index in [0.717, 1.165) is 19.3 Å². The summed E-state index contributed by atoms with van der Waals surface area (Å²) in [7, 11) is 0. The second kappa shape index (κ2) is 6.16. The molecule has 3 heteroatoms. The minimum atomic E-state index is -0.754. The molecule has 0 aromatic rings. The molecule has 11 heavy (non-hydrogen) atoms. The minimum Gasteiger partial charge on any atom is -0.481 e. The van der Waals surface area contributed by atoms with Crippen LogP contribution in [0, 0.1) is 0 Å². The molecule has 0 fully saturated rings. The summed E-state index contributed by atoms with van der Waals surface area (Å²) in [5.74, 6) is -0.754. The van der Waals surface area contributed by atoms with Crippen molar-refractivity contribution in [1.29, 1.82) is 0 Å². The molecule has 0 amide bonds. The number of unbranched alkanes of at least 4 members (excludes halogenated alkanes) is 1. The summed E-state index contributed by atoms with van der Waals surface area (Å²) in [5, 5.41) is 17.3. The third-order valence-corrected chi connectivity index (χ3v) is 1.65. The highest BCUT2D eigenvalue weighted by Gasteiger charge is 2.01. The molecule has 2 N–H and O–H groups in total. The molecule has 0 heterocycles. The lowest BCUT2D eigenvalue weighted by Gasteiger charge is -2.05. The summed E-state index contributed by atoms with van der Waals surface area (Å²) in [4.78, 5) is 10.1. The molecule has 0 rings (SSSR count). The molecule has 0 aliphatic heterocycles. The Balaban J connectivity index is 3.08. The fourth-order valence-corrected chi connectivity index (χ4v) is 0.860. The summed E-state index contributed by atoms with van der Waals surface area (Å²) in [6.07, 6.45) is 2.94. The van der Waals surface area contributed by atoms with Gasteiger partial charge in [0.2, 0.25) is 0 Å². The van der Waals surface area contributed by atoms with Crippen molar-refractivity contribution in [2.24, 2.45) is 0 Å². The number of carbonyl (C=O) groups is 1. The van der Waals surface area contributed by atoms with Gasteiger partial charge in [0.25, 0.3) is 0 Å². The van der Waals surface area contributed by atoms with Gasteiger partial charge in [-0.2, -0.15) is 0 Å². The molecule has 0 aromatic heterocycles. The van der Waals surface area contributed by atoms with Gasteiger partial charge >= 0.3 is 5.97 Å². The first-order valence-corrected chi connectivity index (χ1v) is 4.06. The lowest BCUT2D eigenvalue weighted by atomic mass is 10.1. The van der Waals surface area contributed by atoms with Crippen molar-refractivity contribution < 1.29 is 15.0 Å². The van der Waals surface area contributed by atoms with Gasteiger partial charge in [-0.05, 0) is 19.3 Å². The fourth-order valence-electron chi connectivity index (χ4n) is 0.860. The zero-order valence-corrected chi connectivity index (χ0v) is 6.92. The van der Waals surface area contributed by atoms with E-state index >= 15 is 0 Å². The number of aliphatic carboxylic acids is 1. The molecule has 0 spiro atoms. The number of aliphatic hydroxyl groups is 1. The maximum atomic E-state index is 10.1. The Labute approximate surface area is 67.0 Å². The summed E-state index contributed by atoms with van der Waals surface area (Å²) >= 11 is 0. The van der Waals surface area contributed by atoms with Gasteiger partial charge in [0.05, 0.1) is 6.10 Å². The number of rotatable bonds is 6. The normalized spacial score (nSPS) is 12.9. The fraction of sp³-hybridized carbons (Fsp3) is 0.875. The van der Waals surface area contributed by atoms with E-state index in [-0.39, 0.29) is 12.5 Å². The molecule has 0 radical (unpaired) electrons. The van der Waals surface area contributed by atoms with Crippen LogP contribution >= 0.6 is 0 Å². The number of carboxylic acids is 1. The Kier molecular flexibility index (Phi) is 5.84. The van der Waals surface area contributed by atoms with Gasteiger partial charge in [0.1, 0.15) is 0 Å². The van der Waals surface area contributed by atoms with E-state index in [4.69, 9.17) is 10.2 Å². The van der Waals surface area contributed by atoms with Crippen LogP contribution in [-0.2, 0) is 4.79 Å². The van der Waals surface area contributed by atoms with E-state index < -0.39 is 5.97 Å². The van der Waals surface area contributed by atoms with Gasteiger partial charge < -0.3 is 10.2 Å². The third kappa shape index (κ3) is 7.33. The highest BCUT2D eigenvalue weighted by Crippen LogP contribution is 2.05. The first-order valence-electron chi connectivity index (χ1n) is 4.06. The average Bonchev–Trinajstić information content (AvgIpc) is 1.97. The van der Waals surface area contributed by atoms with E-state index in [9.17, 15) is 4.79 Å². The van der Waals surface area contributed by atoms with Crippen LogP contribution in [-0.4, -0.2) is 22.3 Å². The molecule has 0 aromatic carbocycles. The first kappa shape index (κ1) is 10.4. The molecule has 0 saturated carbocycles. The molecular weight excluding hydrogens is 144 g/mol. The summed E-state index contributed by atoms with van der Waals surface area (Å²) < 4.78 is 0. The second-order valence-corrected chi connectivity index (χ2v) is 2.70. The lowest BCUT2D eigenvalue weighted by molar-refractivity contribution is -0.137. The molecule has 0 aliphatic rings. The largest absolute Gasteiger partial charge is 0.481 e. The van der Waals surface area contributed by atoms with Crippen LogP contribution in [0.25, 0.3) is 0 Å². The number of hydrogen-bond acceptors (Lipinski definition) is 2. The Morgan fingerprint density at radius 1 is 1.45 bits per heavy atom. The maximum Gasteiger partial charge on any atom is 0.303 e. The summed E-state index contributed by atoms with van der Waals surface area (Å²) in [5.41, 5.74) is 0. The van der Waals surface area contributed by atoms with Crippen LogP contribution < -0.4 is 0 Å². The summed E-state index contributed by atoms with van der Waals surface area (Å²) in [6.45, 7) is 1.92. The van der Waals surface area contributed by atoms with Gasteiger partial charge in [-0.25, -0.2) is 0 Å². The molecule has 0 bridgehead atoms. The first-order chi connectivity index (χ1) is 5.16. The molecule has 3 nitrogen and oxygen atoms in total. The maximum absolute atomic E-state index is 10.1. The standard InChI is InChI=1S/C8H16O3/c1-2-7(9)5-3-4-6-8(10)11/h7,9H,2-6H2,1H3,(H,10,11). The van der Waals surface area contributed by atoms with Crippen LogP contribution in [0.4, 0.5) is 0 Å². The number of hydrogen-bond donors (Lipinski definition) is 2. The van der Waals surface area contributed by atoms with E-state index in [1.807, 2.05) is 6.92 Å².